The van der Waals surface area contributed by atoms with E-state index in [4.69, 9.17) is 0 Å². The number of pyridine rings is 1. The number of nitrogens with one attached hydrogen (secondary N) is 1. The third kappa shape index (κ3) is 5.89. The number of hydrogen-bond acceptors (Lipinski definition) is 5. The fraction of sp³-hybridized carbons (Fsp3) is 0.481. The first-order valence-electron chi connectivity index (χ1n) is 12.0. The molecule has 0 aliphatic carbocycles. The van der Waals surface area contributed by atoms with E-state index in [1.165, 1.54) is 24.8 Å². The first-order valence-corrected chi connectivity index (χ1v) is 12.0. The number of carbonyl (C=O) groups excluding carboxylic acids is 2. The Kier molecular flexibility index (Phi) is 7.90. The molecule has 2 aromatic rings. The maximum Gasteiger partial charge on any atom is 0.388 e. The maximum atomic E-state index is 13.8. The molecule has 2 N–H and O–H groups in total. The number of carboxylic acid groups (broad SMARTS) is 1. The molecule has 3 rings (SSSR count). The van der Waals surface area contributed by atoms with Crippen LogP contribution in [-0.2, 0) is 19.8 Å². The molecule has 1 saturated heterocycles. The van der Waals surface area contributed by atoms with Crippen molar-refractivity contribution in [3.8, 4) is 5.88 Å². The van der Waals surface area contributed by atoms with E-state index >= 15 is 0 Å². The number of anilines is 1. The van der Waals surface area contributed by atoms with E-state index in [-0.39, 0.29) is 37.0 Å². The summed E-state index contributed by atoms with van der Waals surface area (Å²) in [6, 6.07) is 8.74. The number of aryl methyl sites for hydroxylation is 2. The van der Waals surface area contributed by atoms with Crippen molar-refractivity contribution in [2.24, 2.45) is 5.41 Å². The number of carbonyl (C=O) groups is 3. The Hall–Kier alpha value is -3.56. The molecule has 2 amide bonds. The topological polar surface area (TPSA) is 109 Å². The average Bonchev–Trinajstić information content (AvgIpc) is 2.74. The summed E-state index contributed by atoms with van der Waals surface area (Å²) in [5.74, 6) is -2.31. The molecule has 0 radical (unpaired) electrons. The van der Waals surface area contributed by atoms with Crippen molar-refractivity contribution in [2.45, 2.75) is 65.9 Å². The SMILES string of the molecule is Cc1ccc(C2(C(=O)Nc3ccc(C)nc3OC(F)F)CN(C(=O)CC(C)(C)C(=O)O)C2)c(C(C)C)c1. The molecule has 0 saturated carbocycles. The van der Waals surface area contributed by atoms with E-state index in [2.05, 4.69) is 15.0 Å². The lowest BCUT2D eigenvalue weighted by atomic mass is 9.69. The van der Waals surface area contributed by atoms with Crippen LogP contribution in [0.25, 0.3) is 0 Å². The molecule has 1 aromatic heterocycles. The van der Waals surface area contributed by atoms with Crippen LogP contribution in [0.3, 0.4) is 0 Å². The number of aromatic nitrogens is 1. The van der Waals surface area contributed by atoms with Gasteiger partial charge in [0.05, 0.1) is 5.41 Å². The predicted molar refractivity (Wildman–Crippen MR) is 134 cm³/mol. The van der Waals surface area contributed by atoms with Crippen molar-refractivity contribution >= 4 is 23.5 Å². The van der Waals surface area contributed by atoms with Crippen LogP contribution < -0.4 is 10.1 Å². The number of likely N-dealkylation sites (tertiary alicyclic amines) is 1. The van der Waals surface area contributed by atoms with Crippen molar-refractivity contribution in [3.63, 3.8) is 0 Å². The fourth-order valence-corrected chi connectivity index (χ4v) is 4.42. The van der Waals surface area contributed by atoms with Crippen LogP contribution in [0.1, 0.15) is 62.4 Å². The number of alkyl halides is 2. The van der Waals surface area contributed by atoms with Gasteiger partial charge in [0.2, 0.25) is 17.7 Å². The number of aliphatic carboxylic acids is 1. The zero-order valence-corrected chi connectivity index (χ0v) is 21.9. The molecule has 2 heterocycles. The summed E-state index contributed by atoms with van der Waals surface area (Å²) >= 11 is 0. The third-order valence-electron chi connectivity index (χ3n) is 6.67. The van der Waals surface area contributed by atoms with Gasteiger partial charge in [-0.3, -0.25) is 14.4 Å². The number of ether oxygens (including phenoxy) is 1. The molecule has 1 aromatic carbocycles. The molecule has 8 nitrogen and oxygen atoms in total. The molecule has 0 atom stereocenters. The number of halogens is 2. The highest BCUT2D eigenvalue weighted by Gasteiger charge is 2.54. The van der Waals surface area contributed by atoms with Gasteiger partial charge in [-0.1, -0.05) is 37.6 Å². The number of carboxylic acids is 1. The average molecular weight is 518 g/mol. The molecular weight excluding hydrogens is 484 g/mol. The smallest absolute Gasteiger partial charge is 0.388 e. The van der Waals surface area contributed by atoms with Crippen molar-refractivity contribution < 1.29 is 33.0 Å². The van der Waals surface area contributed by atoms with Crippen molar-refractivity contribution in [1.82, 2.24) is 9.88 Å². The van der Waals surface area contributed by atoms with Gasteiger partial charge in [0.25, 0.3) is 0 Å². The monoisotopic (exact) mass is 517 g/mol. The Labute approximate surface area is 215 Å². The minimum atomic E-state index is -3.13. The molecule has 1 aliphatic heterocycles. The lowest BCUT2D eigenvalue weighted by Crippen LogP contribution is -2.67. The summed E-state index contributed by atoms with van der Waals surface area (Å²) in [6.45, 7) is 7.40. The normalized spacial score (nSPS) is 14.9. The second-order valence-corrected chi connectivity index (χ2v) is 10.6. The highest BCUT2D eigenvalue weighted by Crippen LogP contribution is 2.42. The zero-order chi connectivity index (χ0) is 27.7. The fourth-order valence-electron chi connectivity index (χ4n) is 4.42. The maximum absolute atomic E-state index is 13.8. The summed E-state index contributed by atoms with van der Waals surface area (Å²) in [5.41, 5.74) is 0.649. The molecular formula is C27H33F2N3O5. The first kappa shape index (κ1) is 28.0. The summed E-state index contributed by atoms with van der Waals surface area (Å²) in [4.78, 5) is 43.8. The van der Waals surface area contributed by atoms with Crippen LogP contribution in [0.4, 0.5) is 14.5 Å². The van der Waals surface area contributed by atoms with Crippen LogP contribution in [-0.4, -0.2) is 52.5 Å². The number of hydrogen-bond donors (Lipinski definition) is 2. The third-order valence-corrected chi connectivity index (χ3v) is 6.67. The number of rotatable bonds is 9. The minimum absolute atomic E-state index is 0.00901. The van der Waals surface area contributed by atoms with Crippen LogP contribution >= 0.6 is 0 Å². The summed E-state index contributed by atoms with van der Waals surface area (Å²) < 4.78 is 30.5. The minimum Gasteiger partial charge on any atom is -0.481 e. The Bertz CT molecular complexity index is 1210. The van der Waals surface area contributed by atoms with Gasteiger partial charge in [0.1, 0.15) is 11.1 Å². The van der Waals surface area contributed by atoms with Crippen molar-refractivity contribution in [2.75, 3.05) is 18.4 Å². The standard InChI is InChI=1S/C27H33F2N3O5/c1-15(2)18-11-16(3)7-9-19(18)27(13-32(14-27)21(33)12-26(5,6)24(35)36)23(34)31-20-10-8-17(4)30-22(20)37-25(28)29/h7-11,15,25H,12-14H2,1-6H3,(H,31,34)(H,35,36). The van der Waals surface area contributed by atoms with Gasteiger partial charge in [-0.25, -0.2) is 4.98 Å². The molecule has 0 spiro atoms. The van der Waals surface area contributed by atoms with Crippen LogP contribution in [0, 0.1) is 19.3 Å². The predicted octanol–water partition coefficient (Wildman–Crippen LogP) is 4.64. The van der Waals surface area contributed by atoms with Gasteiger partial charge < -0.3 is 20.1 Å². The summed E-state index contributed by atoms with van der Waals surface area (Å²) in [5, 5.41) is 12.1. The second-order valence-electron chi connectivity index (χ2n) is 10.6. The largest absolute Gasteiger partial charge is 0.481 e. The van der Waals surface area contributed by atoms with Gasteiger partial charge in [0.15, 0.2) is 0 Å². The van der Waals surface area contributed by atoms with Gasteiger partial charge in [-0.05, 0) is 56.9 Å². The molecule has 1 aliphatic rings. The quantitative estimate of drug-likeness (QED) is 0.502. The lowest BCUT2D eigenvalue weighted by Gasteiger charge is -2.50. The van der Waals surface area contributed by atoms with E-state index in [9.17, 15) is 28.3 Å². The Morgan fingerprint density at radius 1 is 1.16 bits per heavy atom. The Morgan fingerprint density at radius 2 is 1.81 bits per heavy atom. The highest BCUT2D eigenvalue weighted by molar-refractivity contribution is 6.03. The van der Waals surface area contributed by atoms with E-state index in [0.717, 1.165) is 16.7 Å². The lowest BCUT2D eigenvalue weighted by molar-refractivity contribution is -0.155. The van der Waals surface area contributed by atoms with E-state index in [1.807, 2.05) is 39.0 Å². The Morgan fingerprint density at radius 3 is 2.38 bits per heavy atom. The van der Waals surface area contributed by atoms with Gasteiger partial charge in [0, 0.05) is 25.2 Å². The molecule has 1 fully saturated rings. The summed E-state index contributed by atoms with van der Waals surface area (Å²) in [6.07, 6.45) is -0.223. The van der Waals surface area contributed by atoms with Crippen molar-refractivity contribution in [1.29, 1.82) is 0 Å². The van der Waals surface area contributed by atoms with E-state index in [0.29, 0.717) is 5.69 Å². The first-order chi connectivity index (χ1) is 17.2. The molecule has 37 heavy (non-hydrogen) atoms. The van der Waals surface area contributed by atoms with Gasteiger partial charge >= 0.3 is 12.6 Å². The van der Waals surface area contributed by atoms with Gasteiger partial charge in [-0.2, -0.15) is 8.78 Å². The molecule has 0 unspecified atom stereocenters. The summed E-state index contributed by atoms with van der Waals surface area (Å²) in [7, 11) is 0. The van der Waals surface area contributed by atoms with E-state index in [1.54, 1.807) is 13.0 Å². The molecule has 0 bridgehead atoms. The van der Waals surface area contributed by atoms with Crippen molar-refractivity contribution in [3.05, 3.63) is 52.7 Å². The Balaban J connectivity index is 1.99. The number of nitrogens with zero attached hydrogens (tertiary/aromatic N) is 2. The number of benzene rings is 1. The van der Waals surface area contributed by atoms with E-state index < -0.39 is 35.2 Å². The molecule has 10 heteroatoms. The zero-order valence-electron chi connectivity index (χ0n) is 21.9. The number of amides is 2. The second kappa shape index (κ2) is 10.4. The van der Waals surface area contributed by atoms with Crippen LogP contribution in [0.15, 0.2) is 30.3 Å². The molecule has 200 valence electrons. The van der Waals surface area contributed by atoms with Crippen LogP contribution in [0.5, 0.6) is 5.88 Å². The highest BCUT2D eigenvalue weighted by atomic mass is 19.3. The van der Waals surface area contributed by atoms with Gasteiger partial charge in [-0.15, -0.1) is 0 Å². The van der Waals surface area contributed by atoms with Crippen LogP contribution in [0.2, 0.25) is 0 Å².